The Morgan fingerprint density at radius 1 is 1.45 bits per heavy atom. The van der Waals surface area contributed by atoms with Gasteiger partial charge in [0, 0.05) is 5.92 Å². The first kappa shape index (κ1) is 14.7. The first-order chi connectivity index (χ1) is 10.3. The van der Waals surface area contributed by atoms with Gasteiger partial charge in [-0.3, -0.25) is 4.79 Å². The number of aromatic hydroxyl groups is 1. The first-order valence-electron chi connectivity index (χ1n) is 6.66. The quantitative estimate of drug-likeness (QED) is 0.748. The van der Waals surface area contributed by atoms with Gasteiger partial charge in [-0.15, -0.1) is 0 Å². The molecule has 8 heteroatoms. The summed E-state index contributed by atoms with van der Waals surface area (Å²) in [6.45, 7) is 0.997. The minimum atomic E-state index is -4.20. The van der Waals surface area contributed by atoms with Gasteiger partial charge >= 0.3 is 10.2 Å². The summed E-state index contributed by atoms with van der Waals surface area (Å²) in [5, 5.41) is 9.93. The Morgan fingerprint density at radius 2 is 2.14 bits per heavy atom. The van der Waals surface area contributed by atoms with E-state index in [0.717, 1.165) is 12.8 Å². The van der Waals surface area contributed by atoms with Crippen molar-refractivity contribution in [2.45, 2.75) is 19.8 Å². The number of rotatable bonds is 1. The molecule has 1 heterocycles. The highest BCUT2D eigenvalue weighted by Crippen LogP contribution is 2.37. The molecule has 0 spiro atoms. The fourth-order valence-corrected chi connectivity index (χ4v) is 3.35. The molecule has 3 rings (SSSR count). The molecule has 2 aliphatic rings. The van der Waals surface area contributed by atoms with E-state index in [1.165, 1.54) is 6.07 Å². The van der Waals surface area contributed by atoms with Gasteiger partial charge in [-0.25, -0.2) is 13.4 Å². The van der Waals surface area contributed by atoms with E-state index < -0.39 is 39.9 Å². The highest BCUT2D eigenvalue weighted by atomic mass is 32.2. The SMILES string of the molecule is Cc1cc(O)c(N2CC(=O)NS2(=O)=O)c(F)c1C#CC1CC1. The van der Waals surface area contributed by atoms with Gasteiger partial charge in [0.15, 0.2) is 5.82 Å². The second-order valence-electron chi connectivity index (χ2n) is 5.33. The van der Waals surface area contributed by atoms with Gasteiger partial charge in [-0.1, -0.05) is 11.8 Å². The topological polar surface area (TPSA) is 86.7 Å². The van der Waals surface area contributed by atoms with Crippen LogP contribution in [0.25, 0.3) is 0 Å². The lowest BCUT2D eigenvalue weighted by Crippen LogP contribution is -2.30. The lowest BCUT2D eigenvalue weighted by molar-refractivity contribution is -0.117. The number of hydrogen-bond donors (Lipinski definition) is 2. The van der Waals surface area contributed by atoms with Gasteiger partial charge in [0.25, 0.3) is 5.91 Å². The molecule has 6 nitrogen and oxygen atoms in total. The number of amides is 1. The van der Waals surface area contributed by atoms with Crippen LogP contribution in [0.5, 0.6) is 5.75 Å². The van der Waals surface area contributed by atoms with Crippen LogP contribution in [0.15, 0.2) is 6.07 Å². The summed E-state index contributed by atoms with van der Waals surface area (Å²) < 4.78 is 40.6. The minimum Gasteiger partial charge on any atom is -0.506 e. The molecule has 1 amide bonds. The molecule has 0 unspecified atom stereocenters. The Balaban J connectivity index is 2.14. The molecular formula is C14H13FN2O4S. The van der Waals surface area contributed by atoms with E-state index >= 15 is 0 Å². The molecule has 2 fully saturated rings. The Bertz CT molecular complexity index is 835. The molecule has 0 atom stereocenters. The summed E-state index contributed by atoms with van der Waals surface area (Å²) in [6.07, 6.45) is 1.94. The predicted molar refractivity (Wildman–Crippen MR) is 76.8 cm³/mol. The normalized spacial score (nSPS) is 19.5. The van der Waals surface area contributed by atoms with Crippen molar-refractivity contribution in [3.63, 3.8) is 0 Å². The highest BCUT2D eigenvalue weighted by Gasteiger charge is 2.38. The van der Waals surface area contributed by atoms with Crippen molar-refractivity contribution in [1.29, 1.82) is 0 Å². The Hall–Kier alpha value is -2.27. The van der Waals surface area contributed by atoms with E-state index in [9.17, 15) is 22.7 Å². The third-order valence-corrected chi connectivity index (χ3v) is 4.84. The average molecular weight is 324 g/mol. The maximum absolute atomic E-state index is 14.7. The number of phenolic OH excluding ortho intramolecular Hbond substituents is 1. The zero-order chi connectivity index (χ0) is 16.1. The minimum absolute atomic E-state index is 0.0363. The van der Waals surface area contributed by atoms with Gasteiger partial charge in [0.2, 0.25) is 0 Å². The summed E-state index contributed by atoms with van der Waals surface area (Å²) in [5.41, 5.74) is -0.110. The van der Waals surface area contributed by atoms with Crippen molar-refractivity contribution in [3.8, 4) is 17.6 Å². The number of phenols is 1. The first-order valence-corrected chi connectivity index (χ1v) is 8.10. The van der Waals surface area contributed by atoms with Crippen LogP contribution < -0.4 is 9.03 Å². The van der Waals surface area contributed by atoms with Crippen LogP contribution in [0.1, 0.15) is 24.0 Å². The maximum atomic E-state index is 14.7. The Kier molecular flexibility index (Phi) is 3.25. The van der Waals surface area contributed by atoms with Crippen molar-refractivity contribution >= 4 is 21.8 Å². The van der Waals surface area contributed by atoms with Crippen LogP contribution in [0.4, 0.5) is 10.1 Å². The van der Waals surface area contributed by atoms with Gasteiger partial charge < -0.3 is 5.11 Å². The number of anilines is 1. The molecule has 0 aromatic heterocycles. The van der Waals surface area contributed by atoms with Crippen LogP contribution in [-0.4, -0.2) is 26.0 Å². The number of aryl methyl sites for hydroxylation is 1. The Labute approximate surface area is 127 Å². The average Bonchev–Trinajstić information content (AvgIpc) is 3.15. The van der Waals surface area contributed by atoms with E-state index in [-0.39, 0.29) is 11.5 Å². The number of halogens is 1. The molecule has 0 radical (unpaired) electrons. The van der Waals surface area contributed by atoms with Crippen molar-refractivity contribution in [2.75, 3.05) is 10.8 Å². The van der Waals surface area contributed by atoms with Gasteiger partial charge in [-0.2, -0.15) is 8.42 Å². The van der Waals surface area contributed by atoms with E-state index in [1.807, 2.05) is 0 Å². The number of nitrogens with one attached hydrogen (secondary N) is 1. The lowest BCUT2D eigenvalue weighted by atomic mass is 10.1. The second-order valence-corrected chi connectivity index (χ2v) is 6.93. The molecule has 22 heavy (non-hydrogen) atoms. The second kappa shape index (κ2) is 4.88. The van der Waals surface area contributed by atoms with Crippen LogP contribution in [0.3, 0.4) is 0 Å². The number of hydrogen-bond acceptors (Lipinski definition) is 4. The highest BCUT2D eigenvalue weighted by molar-refractivity contribution is 7.92. The zero-order valence-electron chi connectivity index (χ0n) is 11.7. The fraction of sp³-hybridized carbons (Fsp3) is 0.357. The van der Waals surface area contributed by atoms with Crippen molar-refractivity contribution < 1.29 is 22.7 Å². The summed E-state index contributed by atoms with van der Waals surface area (Å²) in [6, 6.07) is 1.24. The van der Waals surface area contributed by atoms with Crippen molar-refractivity contribution in [2.24, 2.45) is 5.92 Å². The van der Waals surface area contributed by atoms with Crippen LogP contribution in [-0.2, 0) is 15.0 Å². The number of benzene rings is 1. The number of carbonyl (C=O) groups excluding carboxylic acids is 1. The molecular weight excluding hydrogens is 311 g/mol. The third kappa shape index (κ3) is 2.48. The molecule has 1 aromatic carbocycles. The standard InChI is InChI=1S/C14H13FN2O4S/c1-8-6-11(18)14(17-7-12(19)16-22(17,20)21)13(15)10(8)5-4-9-2-3-9/h6,9,18H,2-3,7H2,1H3,(H,16,19). The molecule has 116 valence electrons. The smallest absolute Gasteiger partial charge is 0.326 e. The largest absolute Gasteiger partial charge is 0.506 e. The predicted octanol–water partition coefficient (Wildman–Crippen LogP) is 0.782. The van der Waals surface area contributed by atoms with Crippen LogP contribution in [0, 0.1) is 30.5 Å². The molecule has 1 aliphatic carbocycles. The van der Waals surface area contributed by atoms with Crippen molar-refractivity contribution in [3.05, 3.63) is 23.0 Å². The van der Waals surface area contributed by atoms with Crippen LogP contribution >= 0.6 is 0 Å². The monoisotopic (exact) mass is 324 g/mol. The van der Waals surface area contributed by atoms with Gasteiger partial charge in [0.05, 0.1) is 5.56 Å². The summed E-state index contributed by atoms with van der Waals surface area (Å²) in [7, 11) is -4.20. The number of carbonyl (C=O) groups is 1. The van der Waals surface area contributed by atoms with E-state index in [0.29, 0.717) is 9.87 Å². The lowest BCUT2D eigenvalue weighted by Gasteiger charge is -2.18. The fourth-order valence-electron chi connectivity index (χ4n) is 2.19. The van der Waals surface area contributed by atoms with Crippen LogP contribution in [0.2, 0.25) is 0 Å². The molecule has 0 bridgehead atoms. The molecule has 2 N–H and O–H groups in total. The Morgan fingerprint density at radius 3 is 2.68 bits per heavy atom. The summed E-state index contributed by atoms with van der Waals surface area (Å²) in [4.78, 5) is 11.3. The molecule has 1 saturated heterocycles. The zero-order valence-corrected chi connectivity index (χ0v) is 12.5. The molecule has 1 aliphatic heterocycles. The van der Waals surface area contributed by atoms with Gasteiger partial charge in [0.1, 0.15) is 18.0 Å². The third-order valence-electron chi connectivity index (χ3n) is 3.47. The summed E-state index contributed by atoms with van der Waals surface area (Å²) >= 11 is 0. The number of nitrogens with zero attached hydrogens (tertiary/aromatic N) is 1. The molecule has 1 aromatic rings. The molecule has 1 saturated carbocycles. The van der Waals surface area contributed by atoms with E-state index in [2.05, 4.69) is 11.8 Å². The maximum Gasteiger partial charge on any atom is 0.326 e. The summed E-state index contributed by atoms with van der Waals surface area (Å²) in [5.74, 6) is 3.58. The van der Waals surface area contributed by atoms with Crippen molar-refractivity contribution in [1.82, 2.24) is 4.72 Å². The van der Waals surface area contributed by atoms with Gasteiger partial charge in [-0.05, 0) is 31.4 Å². The van der Waals surface area contributed by atoms with E-state index in [4.69, 9.17) is 0 Å². The van der Waals surface area contributed by atoms with E-state index in [1.54, 1.807) is 11.6 Å².